The molecule has 0 aliphatic carbocycles. The van der Waals surface area contributed by atoms with Crippen LogP contribution >= 0.6 is 23.2 Å². The first-order valence-electron chi connectivity index (χ1n) is 5.68. The summed E-state index contributed by atoms with van der Waals surface area (Å²) in [5, 5.41) is 12.5. The van der Waals surface area contributed by atoms with Gasteiger partial charge >= 0.3 is 5.97 Å². The van der Waals surface area contributed by atoms with Crippen LogP contribution in [0.2, 0.25) is 10.0 Å². The van der Waals surface area contributed by atoms with E-state index in [-0.39, 0.29) is 22.9 Å². The number of hydrogen-bond acceptors (Lipinski definition) is 2. The Bertz CT molecular complexity index is 662. The van der Waals surface area contributed by atoms with Gasteiger partial charge in [0.05, 0.1) is 10.6 Å². The van der Waals surface area contributed by atoms with Crippen LogP contribution in [0.15, 0.2) is 36.4 Å². The minimum absolute atomic E-state index is 0.0109. The molecule has 104 valence electrons. The Morgan fingerprint density at radius 2 is 1.95 bits per heavy atom. The minimum Gasteiger partial charge on any atom is -0.478 e. The Morgan fingerprint density at radius 1 is 1.20 bits per heavy atom. The van der Waals surface area contributed by atoms with Crippen molar-refractivity contribution in [2.24, 2.45) is 0 Å². The lowest BCUT2D eigenvalue weighted by Gasteiger charge is -2.09. The molecular formula is C14H10Cl2FNO2. The van der Waals surface area contributed by atoms with Crippen LogP contribution in [0.3, 0.4) is 0 Å². The third-order valence-electron chi connectivity index (χ3n) is 2.69. The van der Waals surface area contributed by atoms with Gasteiger partial charge in [-0.25, -0.2) is 9.18 Å². The normalized spacial score (nSPS) is 10.3. The van der Waals surface area contributed by atoms with Crippen molar-refractivity contribution in [1.29, 1.82) is 0 Å². The van der Waals surface area contributed by atoms with E-state index in [9.17, 15) is 9.18 Å². The smallest absolute Gasteiger partial charge is 0.337 e. The summed E-state index contributed by atoms with van der Waals surface area (Å²) >= 11 is 11.6. The summed E-state index contributed by atoms with van der Waals surface area (Å²) in [7, 11) is 0. The standard InChI is InChI=1S/C14H10Cl2FNO2/c15-9-1-4-13(17)8(5-9)7-18-10-2-3-12(16)11(6-10)14(19)20/h1-6,18H,7H2,(H,19,20). The molecule has 0 aromatic heterocycles. The SMILES string of the molecule is O=C(O)c1cc(NCc2cc(Cl)ccc2F)ccc1Cl. The third kappa shape index (κ3) is 3.40. The molecule has 0 aliphatic heterocycles. The topological polar surface area (TPSA) is 49.3 Å². The molecule has 0 radical (unpaired) electrons. The molecule has 0 atom stereocenters. The lowest BCUT2D eigenvalue weighted by molar-refractivity contribution is 0.0697. The molecule has 0 heterocycles. The fraction of sp³-hybridized carbons (Fsp3) is 0.0714. The first-order chi connectivity index (χ1) is 9.47. The number of carboxylic acid groups (broad SMARTS) is 1. The largest absolute Gasteiger partial charge is 0.478 e. The van der Waals surface area contributed by atoms with Crippen molar-refractivity contribution in [2.75, 3.05) is 5.32 Å². The van der Waals surface area contributed by atoms with Crippen molar-refractivity contribution >= 4 is 34.9 Å². The number of nitrogens with one attached hydrogen (secondary N) is 1. The van der Waals surface area contributed by atoms with Gasteiger partial charge in [0.1, 0.15) is 5.82 Å². The van der Waals surface area contributed by atoms with Crippen molar-refractivity contribution in [1.82, 2.24) is 0 Å². The number of carboxylic acids is 1. The predicted octanol–water partition coefficient (Wildman–Crippen LogP) is 4.44. The number of aromatic carboxylic acids is 1. The van der Waals surface area contributed by atoms with E-state index in [4.69, 9.17) is 28.3 Å². The van der Waals surface area contributed by atoms with Crippen molar-refractivity contribution in [2.45, 2.75) is 6.54 Å². The zero-order valence-corrected chi connectivity index (χ0v) is 11.7. The average Bonchev–Trinajstić information content (AvgIpc) is 2.41. The molecule has 0 unspecified atom stereocenters. The highest BCUT2D eigenvalue weighted by molar-refractivity contribution is 6.33. The molecule has 2 aromatic rings. The van der Waals surface area contributed by atoms with Crippen LogP contribution in [-0.2, 0) is 6.54 Å². The lowest BCUT2D eigenvalue weighted by Crippen LogP contribution is -2.04. The summed E-state index contributed by atoms with van der Waals surface area (Å²) in [6, 6.07) is 8.75. The van der Waals surface area contributed by atoms with Gasteiger partial charge in [0.2, 0.25) is 0 Å². The van der Waals surface area contributed by atoms with Crippen LogP contribution in [0.1, 0.15) is 15.9 Å². The summed E-state index contributed by atoms with van der Waals surface area (Å²) < 4.78 is 13.5. The second-order valence-electron chi connectivity index (χ2n) is 4.09. The van der Waals surface area contributed by atoms with Crippen LogP contribution in [0.4, 0.5) is 10.1 Å². The Morgan fingerprint density at radius 3 is 2.65 bits per heavy atom. The average molecular weight is 314 g/mol. The molecule has 0 amide bonds. The van der Waals surface area contributed by atoms with Crippen LogP contribution < -0.4 is 5.32 Å². The molecule has 2 N–H and O–H groups in total. The lowest BCUT2D eigenvalue weighted by atomic mass is 10.1. The molecule has 6 heteroatoms. The summed E-state index contributed by atoms with van der Waals surface area (Å²) in [6.07, 6.45) is 0. The van der Waals surface area contributed by atoms with E-state index >= 15 is 0 Å². The van der Waals surface area contributed by atoms with E-state index in [1.54, 1.807) is 6.07 Å². The highest BCUT2D eigenvalue weighted by Gasteiger charge is 2.10. The fourth-order valence-electron chi connectivity index (χ4n) is 1.68. The van der Waals surface area contributed by atoms with Gasteiger partial charge in [-0.3, -0.25) is 0 Å². The molecule has 2 aromatic carbocycles. The molecular weight excluding hydrogens is 304 g/mol. The van der Waals surface area contributed by atoms with Gasteiger partial charge in [0, 0.05) is 22.8 Å². The number of rotatable bonds is 4. The van der Waals surface area contributed by atoms with Crippen molar-refractivity contribution in [3.63, 3.8) is 0 Å². The minimum atomic E-state index is -1.12. The van der Waals surface area contributed by atoms with E-state index in [2.05, 4.69) is 5.32 Å². The van der Waals surface area contributed by atoms with Crippen LogP contribution in [0, 0.1) is 5.82 Å². The molecule has 0 fully saturated rings. The molecule has 0 spiro atoms. The van der Waals surface area contributed by atoms with E-state index in [1.165, 1.54) is 30.3 Å². The second-order valence-corrected chi connectivity index (χ2v) is 4.93. The Hall–Kier alpha value is -1.78. The van der Waals surface area contributed by atoms with E-state index in [0.717, 1.165) is 0 Å². The van der Waals surface area contributed by atoms with Crippen molar-refractivity contribution < 1.29 is 14.3 Å². The second kappa shape index (κ2) is 6.11. The molecule has 0 bridgehead atoms. The fourth-order valence-corrected chi connectivity index (χ4v) is 2.07. The first kappa shape index (κ1) is 14.6. The third-order valence-corrected chi connectivity index (χ3v) is 3.25. The van der Waals surface area contributed by atoms with Gasteiger partial charge in [0.15, 0.2) is 0 Å². The molecule has 3 nitrogen and oxygen atoms in total. The number of benzene rings is 2. The molecule has 0 saturated carbocycles. The first-order valence-corrected chi connectivity index (χ1v) is 6.43. The zero-order chi connectivity index (χ0) is 14.7. The molecule has 0 aliphatic rings. The summed E-state index contributed by atoms with van der Waals surface area (Å²) in [6.45, 7) is 0.188. The van der Waals surface area contributed by atoms with E-state index in [0.29, 0.717) is 16.3 Å². The summed E-state index contributed by atoms with van der Waals surface area (Å²) in [5.74, 6) is -1.50. The Kier molecular flexibility index (Phi) is 4.47. The van der Waals surface area contributed by atoms with E-state index < -0.39 is 5.97 Å². The number of hydrogen-bond donors (Lipinski definition) is 2. The number of carbonyl (C=O) groups is 1. The highest BCUT2D eigenvalue weighted by Crippen LogP contribution is 2.22. The maximum absolute atomic E-state index is 13.5. The molecule has 0 saturated heterocycles. The van der Waals surface area contributed by atoms with Gasteiger partial charge in [-0.2, -0.15) is 0 Å². The highest BCUT2D eigenvalue weighted by atomic mass is 35.5. The van der Waals surface area contributed by atoms with Gasteiger partial charge in [0.25, 0.3) is 0 Å². The zero-order valence-electron chi connectivity index (χ0n) is 10.2. The van der Waals surface area contributed by atoms with Gasteiger partial charge in [-0.1, -0.05) is 23.2 Å². The van der Waals surface area contributed by atoms with Crippen LogP contribution in [-0.4, -0.2) is 11.1 Å². The Labute approximate surface area is 124 Å². The predicted molar refractivity (Wildman–Crippen MR) is 77.1 cm³/mol. The van der Waals surface area contributed by atoms with Gasteiger partial charge in [-0.15, -0.1) is 0 Å². The van der Waals surface area contributed by atoms with Crippen LogP contribution in [0.5, 0.6) is 0 Å². The maximum atomic E-state index is 13.5. The maximum Gasteiger partial charge on any atom is 0.337 e. The number of halogens is 3. The van der Waals surface area contributed by atoms with Gasteiger partial charge < -0.3 is 10.4 Å². The molecule has 2 rings (SSSR count). The Balaban J connectivity index is 2.17. The number of anilines is 1. The monoisotopic (exact) mass is 313 g/mol. The van der Waals surface area contributed by atoms with Crippen molar-refractivity contribution in [3.8, 4) is 0 Å². The van der Waals surface area contributed by atoms with E-state index in [1.807, 2.05) is 0 Å². The quantitative estimate of drug-likeness (QED) is 0.877. The summed E-state index contributed by atoms with van der Waals surface area (Å²) in [4.78, 5) is 11.0. The summed E-state index contributed by atoms with van der Waals surface area (Å²) in [5.41, 5.74) is 0.915. The van der Waals surface area contributed by atoms with Gasteiger partial charge in [-0.05, 0) is 36.4 Å². The van der Waals surface area contributed by atoms with Crippen molar-refractivity contribution in [3.05, 3.63) is 63.4 Å². The van der Waals surface area contributed by atoms with Crippen LogP contribution in [0.25, 0.3) is 0 Å². The molecule has 20 heavy (non-hydrogen) atoms.